The number of imidazole rings is 1. The molecule has 0 aliphatic heterocycles. The third kappa shape index (κ3) is 1.18. The fourth-order valence-electron chi connectivity index (χ4n) is 1.01. The van der Waals surface area contributed by atoms with Gasteiger partial charge in [-0.3, -0.25) is 0 Å². The van der Waals surface area contributed by atoms with Gasteiger partial charge < -0.3 is 4.57 Å². The van der Waals surface area contributed by atoms with Crippen LogP contribution in [0.25, 0.3) is 5.69 Å². The van der Waals surface area contributed by atoms with Crippen LogP contribution in [0.1, 0.15) is 5.69 Å². The predicted molar refractivity (Wildman–Crippen MR) is 43.9 cm³/mol. The Hall–Kier alpha value is -1.71. The van der Waals surface area contributed by atoms with Gasteiger partial charge in [0.15, 0.2) is 0 Å². The van der Waals surface area contributed by atoms with Gasteiger partial charge in [0.05, 0.1) is 23.9 Å². The van der Waals surface area contributed by atoms with Crippen LogP contribution in [0.3, 0.4) is 0 Å². The Labute approximate surface area is 69.9 Å². The second kappa shape index (κ2) is 2.73. The maximum atomic E-state index is 3.94. The largest absolute Gasteiger partial charge is 0.305 e. The third-order valence-electron chi connectivity index (χ3n) is 1.56. The Kier molecular flexibility index (Phi) is 1.59. The van der Waals surface area contributed by atoms with Crippen LogP contribution in [0.5, 0.6) is 0 Å². The van der Waals surface area contributed by atoms with Crippen LogP contribution in [0.4, 0.5) is 0 Å². The summed E-state index contributed by atoms with van der Waals surface area (Å²) in [7, 11) is 0. The molecular weight excluding hydrogens is 152 g/mol. The van der Waals surface area contributed by atoms with E-state index in [1.165, 1.54) is 0 Å². The van der Waals surface area contributed by atoms with Crippen LogP contribution in [-0.4, -0.2) is 19.7 Å². The average molecular weight is 160 g/mol. The van der Waals surface area contributed by atoms with Gasteiger partial charge in [-0.15, -0.1) is 0 Å². The fraction of sp³-hybridized carbons (Fsp3) is 0.125. The van der Waals surface area contributed by atoms with Crippen molar-refractivity contribution in [3.05, 3.63) is 36.7 Å². The molecular formula is C8H8N4. The van der Waals surface area contributed by atoms with Gasteiger partial charge in [-0.25, -0.2) is 4.98 Å². The lowest BCUT2D eigenvalue weighted by molar-refractivity contribution is 0.937. The summed E-state index contributed by atoms with van der Waals surface area (Å²) in [6.45, 7) is 1.91. The molecule has 4 nitrogen and oxygen atoms in total. The molecule has 60 valence electrons. The van der Waals surface area contributed by atoms with E-state index in [1.54, 1.807) is 18.7 Å². The van der Waals surface area contributed by atoms with Crippen molar-refractivity contribution < 1.29 is 0 Å². The molecule has 2 heterocycles. The van der Waals surface area contributed by atoms with Gasteiger partial charge >= 0.3 is 0 Å². The molecule has 4 heteroatoms. The summed E-state index contributed by atoms with van der Waals surface area (Å²) in [5.41, 5.74) is 1.89. The summed E-state index contributed by atoms with van der Waals surface area (Å²) in [4.78, 5) is 3.94. The van der Waals surface area contributed by atoms with Crippen molar-refractivity contribution in [2.75, 3.05) is 0 Å². The van der Waals surface area contributed by atoms with Crippen LogP contribution in [0.15, 0.2) is 31.0 Å². The van der Waals surface area contributed by atoms with Crippen molar-refractivity contribution in [1.29, 1.82) is 0 Å². The zero-order valence-electron chi connectivity index (χ0n) is 6.68. The number of nitrogens with zero attached hydrogens (tertiary/aromatic N) is 4. The van der Waals surface area contributed by atoms with E-state index in [1.807, 2.05) is 23.8 Å². The second-order valence-electron chi connectivity index (χ2n) is 2.53. The Balaban J connectivity index is 2.48. The summed E-state index contributed by atoms with van der Waals surface area (Å²) < 4.78 is 1.89. The van der Waals surface area contributed by atoms with Crippen molar-refractivity contribution >= 4 is 0 Å². The van der Waals surface area contributed by atoms with Crippen LogP contribution in [-0.2, 0) is 0 Å². The fourth-order valence-corrected chi connectivity index (χ4v) is 1.01. The van der Waals surface area contributed by atoms with Crippen molar-refractivity contribution in [1.82, 2.24) is 19.7 Å². The molecule has 0 amide bonds. The van der Waals surface area contributed by atoms with Crippen LogP contribution in [0, 0.1) is 6.92 Å². The lowest BCUT2D eigenvalue weighted by Crippen LogP contribution is -1.94. The second-order valence-corrected chi connectivity index (χ2v) is 2.53. The Morgan fingerprint density at radius 1 is 1.42 bits per heavy atom. The van der Waals surface area contributed by atoms with Gasteiger partial charge in [0.2, 0.25) is 0 Å². The maximum absolute atomic E-state index is 3.94. The minimum Gasteiger partial charge on any atom is -0.305 e. The standard InChI is InChI=1S/C8H8N4/c1-7-4-8(5-10-11-7)12-3-2-9-6-12/h2-6H,1H3. The zero-order valence-corrected chi connectivity index (χ0v) is 6.68. The number of aryl methyl sites for hydroxylation is 1. The summed E-state index contributed by atoms with van der Waals surface area (Å²) >= 11 is 0. The highest BCUT2D eigenvalue weighted by Crippen LogP contribution is 2.04. The molecule has 0 radical (unpaired) electrons. The van der Waals surface area contributed by atoms with E-state index >= 15 is 0 Å². The quantitative estimate of drug-likeness (QED) is 0.624. The number of hydrogen-bond acceptors (Lipinski definition) is 3. The molecule has 0 aliphatic carbocycles. The molecule has 0 N–H and O–H groups in total. The van der Waals surface area contributed by atoms with Crippen molar-refractivity contribution in [2.45, 2.75) is 6.92 Å². The molecule has 0 atom stereocenters. The molecule has 0 saturated heterocycles. The molecule has 0 aromatic carbocycles. The van der Waals surface area contributed by atoms with Crippen molar-refractivity contribution in [2.24, 2.45) is 0 Å². The summed E-state index contributed by atoms with van der Waals surface area (Å²) in [6, 6.07) is 1.95. The van der Waals surface area contributed by atoms with Crippen LogP contribution >= 0.6 is 0 Å². The molecule has 2 aromatic rings. The minimum absolute atomic E-state index is 0.904. The van der Waals surface area contributed by atoms with Crippen LogP contribution < -0.4 is 0 Å². The van der Waals surface area contributed by atoms with Gasteiger partial charge in [0.25, 0.3) is 0 Å². The number of aromatic nitrogens is 4. The summed E-state index contributed by atoms with van der Waals surface area (Å²) in [5.74, 6) is 0. The monoisotopic (exact) mass is 160 g/mol. The SMILES string of the molecule is Cc1cc(-n2ccnc2)cnn1. The lowest BCUT2D eigenvalue weighted by atomic mass is 10.4. The van der Waals surface area contributed by atoms with E-state index < -0.39 is 0 Å². The molecule has 12 heavy (non-hydrogen) atoms. The predicted octanol–water partition coefficient (Wildman–Crippen LogP) is 0.971. The van der Waals surface area contributed by atoms with Crippen molar-refractivity contribution in [3.63, 3.8) is 0 Å². The van der Waals surface area contributed by atoms with Crippen molar-refractivity contribution in [3.8, 4) is 5.69 Å². The van der Waals surface area contributed by atoms with E-state index in [9.17, 15) is 0 Å². The van der Waals surface area contributed by atoms with Gasteiger partial charge in [-0.2, -0.15) is 10.2 Å². The molecule has 0 bridgehead atoms. The lowest BCUT2D eigenvalue weighted by Gasteiger charge is -1.99. The summed E-state index contributed by atoms with van der Waals surface area (Å²) in [6.07, 6.45) is 7.04. The topological polar surface area (TPSA) is 43.6 Å². The zero-order chi connectivity index (χ0) is 8.39. The first-order valence-corrected chi connectivity index (χ1v) is 3.64. The van der Waals surface area contributed by atoms with Gasteiger partial charge in [-0.05, 0) is 13.0 Å². The highest BCUT2D eigenvalue weighted by molar-refractivity contribution is 5.28. The Morgan fingerprint density at radius 2 is 2.33 bits per heavy atom. The minimum atomic E-state index is 0.904. The molecule has 0 fully saturated rings. The van der Waals surface area contributed by atoms with E-state index in [0.29, 0.717) is 0 Å². The number of rotatable bonds is 1. The smallest absolute Gasteiger partial charge is 0.0992 e. The first kappa shape index (κ1) is 6.97. The van der Waals surface area contributed by atoms with E-state index in [-0.39, 0.29) is 0 Å². The first-order chi connectivity index (χ1) is 5.86. The Bertz CT molecular complexity index is 366. The first-order valence-electron chi connectivity index (χ1n) is 3.64. The highest BCUT2D eigenvalue weighted by Gasteiger charge is 1.95. The maximum Gasteiger partial charge on any atom is 0.0992 e. The number of hydrogen-bond donors (Lipinski definition) is 0. The van der Waals surface area contributed by atoms with E-state index in [2.05, 4.69) is 15.2 Å². The van der Waals surface area contributed by atoms with E-state index in [0.717, 1.165) is 11.4 Å². The third-order valence-corrected chi connectivity index (χ3v) is 1.56. The molecule has 0 spiro atoms. The summed E-state index contributed by atoms with van der Waals surface area (Å²) in [5, 5.41) is 7.71. The highest BCUT2D eigenvalue weighted by atomic mass is 15.1. The molecule has 2 aromatic heterocycles. The Morgan fingerprint density at radius 3 is 3.00 bits per heavy atom. The van der Waals surface area contributed by atoms with Gasteiger partial charge in [0.1, 0.15) is 0 Å². The molecule has 0 aliphatic rings. The molecule has 0 unspecified atom stereocenters. The van der Waals surface area contributed by atoms with Crippen LogP contribution in [0.2, 0.25) is 0 Å². The van der Waals surface area contributed by atoms with E-state index in [4.69, 9.17) is 0 Å². The average Bonchev–Trinajstić information content (AvgIpc) is 2.56. The van der Waals surface area contributed by atoms with Gasteiger partial charge in [-0.1, -0.05) is 0 Å². The normalized spacial score (nSPS) is 10.1. The molecule has 2 rings (SSSR count). The van der Waals surface area contributed by atoms with Gasteiger partial charge in [0, 0.05) is 12.4 Å². The molecule has 0 saturated carbocycles.